The first-order valence-corrected chi connectivity index (χ1v) is 14.9. The predicted molar refractivity (Wildman–Crippen MR) is 169 cm³/mol. The van der Waals surface area contributed by atoms with E-state index in [0.29, 0.717) is 12.8 Å². The molecule has 2 amide bonds. The highest BCUT2D eigenvalue weighted by Gasteiger charge is 2.61. The quantitative estimate of drug-likeness (QED) is 0.318. The Morgan fingerprint density at radius 2 is 1.42 bits per heavy atom. The molecule has 3 aromatic carbocycles. The number of amides is 2. The van der Waals surface area contributed by atoms with Gasteiger partial charge in [0.1, 0.15) is 11.2 Å². The van der Waals surface area contributed by atoms with Crippen molar-refractivity contribution >= 4 is 23.6 Å². The van der Waals surface area contributed by atoms with E-state index in [1.54, 1.807) is 20.8 Å². The second-order valence-corrected chi connectivity index (χ2v) is 13.3. The molecule has 2 aliphatic rings. The first-order chi connectivity index (χ1) is 20.4. The molecule has 8 nitrogen and oxygen atoms in total. The molecule has 3 atom stereocenters. The molecule has 1 aliphatic carbocycles. The van der Waals surface area contributed by atoms with E-state index in [2.05, 4.69) is 29.7 Å². The SMILES string of the molecule is CC(C)(C)OC(=O)NN(C(=O)OC(C)(C)C)[C@H]1CC[C@]2(Cc3ccccc3)C(c3ccccc3)=NN(c3ccccc3)[C@H]12. The maximum atomic E-state index is 13.9. The number of carbonyl (C=O) groups excluding carboxylic acids is 2. The Hall–Kier alpha value is -4.33. The van der Waals surface area contributed by atoms with Crippen molar-refractivity contribution in [3.05, 3.63) is 102 Å². The molecule has 0 spiro atoms. The zero-order valence-electron chi connectivity index (χ0n) is 25.9. The van der Waals surface area contributed by atoms with Gasteiger partial charge in [0.25, 0.3) is 0 Å². The average Bonchev–Trinajstić information content (AvgIpc) is 3.46. The van der Waals surface area contributed by atoms with E-state index in [4.69, 9.17) is 14.6 Å². The molecule has 43 heavy (non-hydrogen) atoms. The minimum Gasteiger partial charge on any atom is -0.443 e. The van der Waals surface area contributed by atoms with Crippen molar-refractivity contribution in [1.29, 1.82) is 0 Å². The lowest BCUT2D eigenvalue weighted by molar-refractivity contribution is -0.0116. The molecule has 8 heteroatoms. The normalized spacial score (nSPS) is 21.5. The zero-order chi connectivity index (χ0) is 30.8. The number of hydrazine groups is 1. The van der Waals surface area contributed by atoms with Crippen molar-refractivity contribution in [3.63, 3.8) is 0 Å². The second-order valence-electron chi connectivity index (χ2n) is 13.3. The van der Waals surface area contributed by atoms with Gasteiger partial charge in [-0.05, 0) is 84.1 Å². The van der Waals surface area contributed by atoms with Crippen molar-refractivity contribution in [2.45, 2.75) is 84.1 Å². The van der Waals surface area contributed by atoms with Gasteiger partial charge in [0.05, 0.1) is 23.5 Å². The number of nitrogens with one attached hydrogen (secondary N) is 1. The van der Waals surface area contributed by atoms with E-state index < -0.39 is 34.8 Å². The Morgan fingerprint density at radius 1 is 0.860 bits per heavy atom. The van der Waals surface area contributed by atoms with Crippen LogP contribution >= 0.6 is 0 Å². The fourth-order valence-corrected chi connectivity index (χ4v) is 6.23. The van der Waals surface area contributed by atoms with Crippen molar-refractivity contribution < 1.29 is 19.1 Å². The first-order valence-electron chi connectivity index (χ1n) is 14.9. The van der Waals surface area contributed by atoms with Crippen molar-refractivity contribution in [2.24, 2.45) is 10.5 Å². The van der Waals surface area contributed by atoms with Gasteiger partial charge >= 0.3 is 12.2 Å². The number of benzene rings is 3. The summed E-state index contributed by atoms with van der Waals surface area (Å²) in [6, 6.07) is 29.8. The molecule has 1 heterocycles. The van der Waals surface area contributed by atoms with Crippen LogP contribution in [0.5, 0.6) is 0 Å². The van der Waals surface area contributed by atoms with Crippen LogP contribution in [0.1, 0.15) is 65.5 Å². The first kappa shape index (κ1) is 30.1. The number of hydrogen-bond acceptors (Lipinski definition) is 6. The van der Waals surface area contributed by atoms with Crippen LogP contribution in [0, 0.1) is 5.41 Å². The molecule has 5 rings (SSSR count). The third-order valence-corrected chi connectivity index (χ3v) is 7.72. The van der Waals surface area contributed by atoms with E-state index in [0.717, 1.165) is 23.4 Å². The second kappa shape index (κ2) is 11.7. The number of nitrogens with zero attached hydrogens (tertiary/aromatic N) is 3. The van der Waals surface area contributed by atoms with Crippen LogP contribution in [0.15, 0.2) is 96.1 Å². The van der Waals surface area contributed by atoms with Gasteiger partial charge in [-0.3, -0.25) is 5.01 Å². The summed E-state index contributed by atoms with van der Waals surface area (Å²) in [5.41, 5.74) is 4.87. The fourth-order valence-electron chi connectivity index (χ4n) is 6.23. The molecule has 0 aromatic heterocycles. The summed E-state index contributed by atoms with van der Waals surface area (Å²) in [4.78, 5) is 27.0. The smallest absolute Gasteiger partial charge is 0.429 e. The summed E-state index contributed by atoms with van der Waals surface area (Å²) in [7, 11) is 0. The largest absolute Gasteiger partial charge is 0.443 e. The van der Waals surface area contributed by atoms with E-state index in [9.17, 15) is 9.59 Å². The number of hydrogen-bond donors (Lipinski definition) is 1. The number of hydrazone groups is 1. The minimum absolute atomic E-state index is 0.312. The summed E-state index contributed by atoms with van der Waals surface area (Å²) >= 11 is 0. The van der Waals surface area contributed by atoms with E-state index in [1.807, 2.05) is 92.5 Å². The van der Waals surface area contributed by atoms with Gasteiger partial charge in [-0.1, -0.05) is 78.9 Å². The maximum absolute atomic E-state index is 13.9. The Kier molecular flexibility index (Phi) is 8.23. The highest BCUT2D eigenvalue weighted by molar-refractivity contribution is 6.08. The maximum Gasteiger partial charge on any atom is 0.429 e. The van der Waals surface area contributed by atoms with Crippen LogP contribution in [0.2, 0.25) is 0 Å². The number of anilines is 1. The molecule has 3 aromatic rings. The van der Waals surface area contributed by atoms with Crippen molar-refractivity contribution in [1.82, 2.24) is 10.4 Å². The Morgan fingerprint density at radius 3 is 2.00 bits per heavy atom. The monoisotopic (exact) mass is 582 g/mol. The van der Waals surface area contributed by atoms with Gasteiger partial charge in [-0.2, -0.15) is 5.10 Å². The number of para-hydroxylation sites is 1. The molecule has 1 N–H and O–H groups in total. The van der Waals surface area contributed by atoms with Crippen LogP contribution in [0.4, 0.5) is 15.3 Å². The lowest BCUT2D eigenvalue weighted by Crippen LogP contribution is -2.60. The zero-order valence-corrected chi connectivity index (χ0v) is 25.9. The Labute approximate surface area is 254 Å². The third kappa shape index (κ3) is 6.69. The average molecular weight is 583 g/mol. The standard InChI is InChI=1S/C35H42N4O4/c1-33(2,3)42-31(40)37-39(32(41)43-34(4,5)6)28-22-23-35(24-25-16-10-7-11-17-25)29(26-18-12-8-13-19-26)36-38(30(28)35)27-20-14-9-15-21-27/h7-21,28,30H,22-24H2,1-6H3,(H,37,40)/t28-,30+,35-/m0/s1. The molecular weight excluding hydrogens is 540 g/mol. The molecule has 0 radical (unpaired) electrons. The summed E-state index contributed by atoms with van der Waals surface area (Å²) in [5.74, 6) is 0. The van der Waals surface area contributed by atoms with Gasteiger partial charge in [-0.15, -0.1) is 0 Å². The number of ether oxygens (including phenoxy) is 2. The van der Waals surface area contributed by atoms with Crippen molar-refractivity contribution in [2.75, 3.05) is 5.01 Å². The van der Waals surface area contributed by atoms with Gasteiger partial charge in [0.15, 0.2) is 0 Å². The van der Waals surface area contributed by atoms with E-state index in [1.165, 1.54) is 10.6 Å². The molecule has 226 valence electrons. The molecule has 0 saturated heterocycles. The molecular formula is C35H42N4O4. The van der Waals surface area contributed by atoms with Crippen LogP contribution in [0.3, 0.4) is 0 Å². The van der Waals surface area contributed by atoms with Crippen LogP contribution < -0.4 is 10.4 Å². The number of fused-ring (bicyclic) bond motifs is 1. The van der Waals surface area contributed by atoms with Crippen LogP contribution in [-0.2, 0) is 15.9 Å². The minimum atomic E-state index is -0.773. The fraction of sp³-hybridized carbons (Fsp3) is 0.400. The molecule has 1 fully saturated rings. The Bertz CT molecular complexity index is 1450. The van der Waals surface area contributed by atoms with Gasteiger partial charge in [0.2, 0.25) is 0 Å². The highest BCUT2D eigenvalue weighted by Crippen LogP contribution is 2.53. The number of rotatable bonds is 5. The summed E-state index contributed by atoms with van der Waals surface area (Å²) in [5, 5.41) is 8.70. The van der Waals surface area contributed by atoms with Gasteiger partial charge in [0, 0.05) is 5.41 Å². The molecule has 0 unspecified atom stereocenters. The van der Waals surface area contributed by atoms with Crippen LogP contribution in [0.25, 0.3) is 0 Å². The number of carbonyl (C=O) groups is 2. The molecule has 1 aliphatic heterocycles. The van der Waals surface area contributed by atoms with E-state index in [-0.39, 0.29) is 6.04 Å². The third-order valence-electron chi connectivity index (χ3n) is 7.72. The summed E-state index contributed by atoms with van der Waals surface area (Å²) in [6.07, 6.45) is 0.707. The van der Waals surface area contributed by atoms with Crippen LogP contribution in [-0.4, -0.2) is 46.2 Å². The molecule has 1 saturated carbocycles. The summed E-state index contributed by atoms with van der Waals surface area (Å²) in [6.45, 7) is 10.8. The lowest BCUT2D eigenvalue weighted by atomic mass is 9.71. The Balaban J connectivity index is 1.65. The van der Waals surface area contributed by atoms with Crippen molar-refractivity contribution in [3.8, 4) is 0 Å². The summed E-state index contributed by atoms with van der Waals surface area (Å²) < 4.78 is 11.5. The van der Waals surface area contributed by atoms with Gasteiger partial charge in [-0.25, -0.2) is 20.0 Å². The predicted octanol–water partition coefficient (Wildman–Crippen LogP) is 7.35. The lowest BCUT2D eigenvalue weighted by Gasteiger charge is -2.40. The topological polar surface area (TPSA) is 83.5 Å². The van der Waals surface area contributed by atoms with Gasteiger partial charge < -0.3 is 9.47 Å². The van der Waals surface area contributed by atoms with E-state index >= 15 is 0 Å². The highest BCUT2D eigenvalue weighted by atomic mass is 16.6. The molecule has 0 bridgehead atoms.